The molecule has 134 valence electrons. The number of methoxy groups -OCH3 is 2. The molecular formula is C21H28N2O2. The second kappa shape index (κ2) is 7.89. The van der Waals surface area contributed by atoms with Gasteiger partial charge < -0.3 is 15.2 Å². The molecule has 3 rings (SSSR count). The second-order valence-corrected chi connectivity index (χ2v) is 6.63. The minimum absolute atomic E-state index is 0.0841. The van der Waals surface area contributed by atoms with Crippen LogP contribution in [0.15, 0.2) is 42.5 Å². The number of hydrogen-bond acceptors (Lipinski definition) is 4. The quantitative estimate of drug-likeness (QED) is 0.874. The van der Waals surface area contributed by atoms with E-state index in [4.69, 9.17) is 15.2 Å². The van der Waals surface area contributed by atoms with Gasteiger partial charge >= 0.3 is 0 Å². The monoisotopic (exact) mass is 340 g/mol. The van der Waals surface area contributed by atoms with E-state index in [1.165, 1.54) is 16.7 Å². The summed E-state index contributed by atoms with van der Waals surface area (Å²) >= 11 is 0. The van der Waals surface area contributed by atoms with Crippen LogP contribution >= 0.6 is 0 Å². The molecular weight excluding hydrogens is 312 g/mol. The van der Waals surface area contributed by atoms with Gasteiger partial charge in [0.25, 0.3) is 0 Å². The molecule has 0 bridgehead atoms. The summed E-state index contributed by atoms with van der Waals surface area (Å²) in [6.45, 7) is 4.06. The van der Waals surface area contributed by atoms with Crippen molar-refractivity contribution in [2.24, 2.45) is 5.73 Å². The normalized spacial score (nSPS) is 18.5. The van der Waals surface area contributed by atoms with Gasteiger partial charge in [-0.05, 0) is 41.7 Å². The molecule has 2 aromatic carbocycles. The Bertz CT molecular complexity index is 703. The fourth-order valence-electron chi connectivity index (χ4n) is 3.75. The third kappa shape index (κ3) is 3.65. The molecule has 0 aromatic heterocycles. The Labute approximate surface area is 150 Å². The Balaban J connectivity index is 1.98. The molecule has 0 saturated heterocycles. The van der Waals surface area contributed by atoms with Crippen LogP contribution in [-0.4, -0.2) is 31.7 Å². The zero-order chi connectivity index (χ0) is 17.8. The van der Waals surface area contributed by atoms with Crippen molar-refractivity contribution in [3.05, 3.63) is 59.2 Å². The van der Waals surface area contributed by atoms with E-state index in [0.29, 0.717) is 0 Å². The molecule has 1 aliphatic rings. The number of rotatable bonds is 6. The van der Waals surface area contributed by atoms with Gasteiger partial charge in [0.2, 0.25) is 0 Å². The highest BCUT2D eigenvalue weighted by Gasteiger charge is 2.32. The van der Waals surface area contributed by atoms with Crippen LogP contribution in [0.3, 0.4) is 0 Å². The summed E-state index contributed by atoms with van der Waals surface area (Å²) < 4.78 is 11.0. The van der Waals surface area contributed by atoms with E-state index < -0.39 is 0 Å². The lowest BCUT2D eigenvalue weighted by atomic mass is 9.86. The van der Waals surface area contributed by atoms with Crippen LogP contribution < -0.4 is 15.2 Å². The maximum Gasteiger partial charge on any atom is 0.161 e. The molecule has 1 aliphatic heterocycles. The lowest BCUT2D eigenvalue weighted by Gasteiger charge is -2.40. The Kier molecular flexibility index (Phi) is 5.61. The van der Waals surface area contributed by atoms with Gasteiger partial charge in [-0.1, -0.05) is 37.3 Å². The fourth-order valence-corrected chi connectivity index (χ4v) is 3.75. The zero-order valence-corrected chi connectivity index (χ0v) is 15.4. The summed E-state index contributed by atoms with van der Waals surface area (Å²) in [5, 5.41) is 0. The van der Waals surface area contributed by atoms with E-state index in [-0.39, 0.29) is 12.1 Å². The van der Waals surface area contributed by atoms with E-state index in [1.54, 1.807) is 14.2 Å². The van der Waals surface area contributed by atoms with Crippen molar-refractivity contribution in [3.8, 4) is 11.5 Å². The molecule has 0 amide bonds. The summed E-state index contributed by atoms with van der Waals surface area (Å²) in [5.74, 6) is 1.57. The maximum absolute atomic E-state index is 6.55. The van der Waals surface area contributed by atoms with Crippen molar-refractivity contribution in [1.29, 1.82) is 0 Å². The molecule has 0 fully saturated rings. The van der Waals surface area contributed by atoms with Gasteiger partial charge in [-0.25, -0.2) is 0 Å². The summed E-state index contributed by atoms with van der Waals surface area (Å²) in [6.07, 6.45) is 1.93. The molecule has 0 saturated carbocycles. The van der Waals surface area contributed by atoms with Gasteiger partial charge in [-0.15, -0.1) is 0 Å². The molecule has 4 heteroatoms. The van der Waals surface area contributed by atoms with Gasteiger partial charge in [0.15, 0.2) is 11.5 Å². The molecule has 25 heavy (non-hydrogen) atoms. The fraction of sp³-hybridized carbons (Fsp3) is 0.429. The number of fused-ring (bicyclic) bond motifs is 1. The molecule has 0 spiro atoms. The van der Waals surface area contributed by atoms with Crippen LogP contribution in [0.1, 0.15) is 36.1 Å². The summed E-state index contributed by atoms with van der Waals surface area (Å²) in [7, 11) is 3.37. The van der Waals surface area contributed by atoms with Crippen molar-refractivity contribution in [2.75, 3.05) is 20.8 Å². The van der Waals surface area contributed by atoms with E-state index in [9.17, 15) is 0 Å². The predicted octanol–water partition coefficient (Wildman–Crippen LogP) is 3.54. The minimum Gasteiger partial charge on any atom is -0.493 e. The molecule has 2 atom stereocenters. The first-order valence-corrected chi connectivity index (χ1v) is 8.96. The standard InChI is InChI=1S/C21H28N2O2/c1-4-18(22)21-17-13-20(25-3)19(24-2)12-16(17)10-11-23(21)14-15-8-6-5-7-9-15/h5-9,12-13,18,21H,4,10-11,14,22H2,1-3H3. The highest BCUT2D eigenvalue weighted by atomic mass is 16.5. The number of hydrogen-bond donors (Lipinski definition) is 1. The van der Waals surface area contributed by atoms with Crippen LogP contribution in [0.25, 0.3) is 0 Å². The SMILES string of the molecule is CCC(N)C1c2cc(OC)c(OC)cc2CCN1Cc1ccccc1. The van der Waals surface area contributed by atoms with E-state index in [0.717, 1.165) is 37.4 Å². The van der Waals surface area contributed by atoms with Crippen LogP contribution in [0.4, 0.5) is 0 Å². The molecule has 0 radical (unpaired) electrons. The van der Waals surface area contributed by atoms with Gasteiger partial charge in [0, 0.05) is 19.1 Å². The van der Waals surface area contributed by atoms with Crippen molar-refractivity contribution in [1.82, 2.24) is 4.90 Å². The average molecular weight is 340 g/mol. The van der Waals surface area contributed by atoms with Gasteiger partial charge in [0.05, 0.1) is 20.3 Å². The topological polar surface area (TPSA) is 47.7 Å². The lowest BCUT2D eigenvalue weighted by molar-refractivity contribution is 0.149. The molecule has 1 heterocycles. The number of nitrogens with zero attached hydrogens (tertiary/aromatic N) is 1. The highest BCUT2D eigenvalue weighted by Crippen LogP contribution is 2.40. The smallest absolute Gasteiger partial charge is 0.161 e. The van der Waals surface area contributed by atoms with E-state index in [2.05, 4.69) is 54.3 Å². The first-order valence-electron chi connectivity index (χ1n) is 8.96. The summed E-state index contributed by atoms with van der Waals surface area (Å²) in [4.78, 5) is 2.50. The number of nitrogens with two attached hydrogens (primary N) is 1. The highest BCUT2D eigenvalue weighted by molar-refractivity contribution is 5.50. The molecule has 2 N–H and O–H groups in total. The molecule has 0 aliphatic carbocycles. The number of benzene rings is 2. The molecule has 2 aromatic rings. The van der Waals surface area contributed by atoms with E-state index in [1.807, 2.05) is 0 Å². The largest absolute Gasteiger partial charge is 0.493 e. The van der Waals surface area contributed by atoms with Gasteiger partial charge in [0.1, 0.15) is 0 Å². The minimum atomic E-state index is 0.0841. The van der Waals surface area contributed by atoms with Crippen molar-refractivity contribution < 1.29 is 9.47 Å². The zero-order valence-electron chi connectivity index (χ0n) is 15.4. The van der Waals surface area contributed by atoms with Gasteiger partial charge in [-0.3, -0.25) is 4.90 Å². The third-order valence-electron chi connectivity index (χ3n) is 5.13. The van der Waals surface area contributed by atoms with Crippen LogP contribution in [0.5, 0.6) is 11.5 Å². The summed E-state index contributed by atoms with van der Waals surface area (Å²) in [5.41, 5.74) is 10.5. The first-order chi connectivity index (χ1) is 12.2. The first kappa shape index (κ1) is 17.8. The Morgan fingerprint density at radius 2 is 1.80 bits per heavy atom. The Morgan fingerprint density at radius 1 is 1.12 bits per heavy atom. The van der Waals surface area contributed by atoms with Crippen molar-refractivity contribution in [3.63, 3.8) is 0 Å². The van der Waals surface area contributed by atoms with Crippen LogP contribution in [-0.2, 0) is 13.0 Å². The predicted molar refractivity (Wildman–Crippen MR) is 101 cm³/mol. The summed E-state index contributed by atoms with van der Waals surface area (Å²) in [6, 6.07) is 15.1. The Morgan fingerprint density at radius 3 is 2.44 bits per heavy atom. The second-order valence-electron chi connectivity index (χ2n) is 6.63. The molecule has 4 nitrogen and oxygen atoms in total. The van der Waals surface area contributed by atoms with Gasteiger partial charge in [-0.2, -0.15) is 0 Å². The Hall–Kier alpha value is -2.04. The molecule has 2 unspecified atom stereocenters. The third-order valence-corrected chi connectivity index (χ3v) is 5.13. The lowest BCUT2D eigenvalue weighted by Crippen LogP contribution is -2.44. The van der Waals surface area contributed by atoms with E-state index >= 15 is 0 Å². The maximum atomic E-state index is 6.55. The van der Waals surface area contributed by atoms with Crippen LogP contribution in [0, 0.1) is 0 Å². The average Bonchev–Trinajstić information content (AvgIpc) is 2.66. The van der Waals surface area contributed by atoms with Crippen molar-refractivity contribution >= 4 is 0 Å². The number of ether oxygens (including phenoxy) is 2. The van der Waals surface area contributed by atoms with Crippen molar-refractivity contribution in [2.45, 2.75) is 38.4 Å². The van der Waals surface area contributed by atoms with Crippen LogP contribution in [0.2, 0.25) is 0 Å².